The van der Waals surface area contributed by atoms with E-state index in [1.54, 1.807) is 6.92 Å². The summed E-state index contributed by atoms with van der Waals surface area (Å²) in [5, 5.41) is 2.46. The lowest BCUT2D eigenvalue weighted by atomic mass is 10.5. The smallest absolute Gasteiger partial charge is 0.411 e. The van der Waals surface area contributed by atoms with Crippen LogP contribution in [0, 0.1) is 0 Å². The fourth-order valence-electron chi connectivity index (χ4n) is 0.649. The molecule has 0 unspecified atom stereocenters. The second kappa shape index (κ2) is 4.27. The number of ether oxygens (including phenoxy) is 1. The van der Waals surface area contributed by atoms with E-state index in [0.717, 1.165) is 0 Å². The van der Waals surface area contributed by atoms with Crippen molar-refractivity contribution in [3.63, 3.8) is 0 Å². The minimum absolute atomic E-state index is 0.347. The summed E-state index contributed by atoms with van der Waals surface area (Å²) in [6.45, 7) is 2.08. The van der Waals surface area contributed by atoms with E-state index in [1.165, 1.54) is 18.7 Å². The number of hydrogen-bond donors (Lipinski definition) is 1. The Bertz CT molecular complexity index is 250. The molecule has 0 saturated carbocycles. The molecule has 0 bridgehead atoms. The lowest BCUT2D eigenvalue weighted by Gasteiger charge is -2.02. The minimum Gasteiger partial charge on any atom is -0.450 e. The molecule has 5 nitrogen and oxygen atoms in total. The van der Waals surface area contributed by atoms with Crippen LogP contribution >= 0.6 is 0 Å². The van der Waals surface area contributed by atoms with Gasteiger partial charge in [-0.2, -0.15) is 0 Å². The summed E-state index contributed by atoms with van der Waals surface area (Å²) in [4.78, 5) is 18.3. The van der Waals surface area contributed by atoms with Crippen LogP contribution in [0.2, 0.25) is 0 Å². The predicted molar refractivity (Wildman–Crippen MR) is 42.7 cm³/mol. The van der Waals surface area contributed by atoms with E-state index < -0.39 is 6.09 Å². The summed E-state index contributed by atoms with van der Waals surface area (Å²) >= 11 is 0. The van der Waals surface area contributed by atoms with Crippen molar-refractivity contribution in [1.82, 2.24) is 9.97 Å². The predicted octanol–water partition coefficient (Wildman–Crippen LogP) is 1.04. The molecule has 0 aliphatic heterocycles. The van der Waals surface area contributed by atoms with E-state index in [-0.39, 0.29) is 0 Å². The van der Waals surface area contributed by atoms with Crippen molar-refractivity contribution in [3.05, 3.63) is 18.7 Å². The van der Waals surface area contributed by atoms with Crippen LogP contribution in [0.3, 0.4) is 0 Å². The Morgan fingerprint density at radius 1 is 1.58 bits per heavy atom. The molecule has 0 fully saturated rings. The third-order valence-electron chi connectivity index (χ3n) is 1.08. The maximum atomic E-state index is 10.8. The molecule has 0 aromatic carbocycles. The zero-order valence-corrected chi connectivity index (χ0v) is 6.65. The van der Waals surface area contributed by atoms with E-state index in [4.69, 9.17) is 0 Å². The third-order valence-corrected chi connectivity index (χ3v) is 1.08. The van der Waals surface area contributed by atoms with Crippen LogP contribution in [0.5, 0.6) is 0 Å². The molecule has 0 spiro atoms. The molecule has 1 aromatic rings. The van der Waals surface area contributed by atoms with Crippen LogP contribution in [0.15, 0.2) is 18.7 Å². The number of anilines is 1. The summed E-state index contributed by atoms with van der Waals surface area (Å²) < 4.78 is 4.64. The van der Waals surface area contributed by atoms with Crippen molar-refractivity contribution in [3.8, 4) is 0 Å². The fraction of sp³-hybridized carbons (Fsp3) is 0.286. The summed E-state index contributed by atoms with van der Waals surface area (Å²) in [5.41, 5.74) is 0.524. The van der Waals surface area contributed by atoms with Crippen LogP contribution in [0.4, 0.5) is 10.5 Å². The first-order chi connectivity index (χ1) is 5.83. The first-order valence-corrected chi connectivity index (χ1v) is 3.51. The number of nitrogens with zero attached hydrogens (tertiary/aromatic N) is 2. The van der Waals surface area contributed by atoms with Gasteiger partial charge in [-0.15, -0.1) is 0 Å². The van der Waals surface area contributed by atoms with Gasteiger partial charge in [0.15, 0.2) is 0 Å². The summed E-state index contributed by atoms with van der Waals surface area (Å²) in [6.07, 6.45) is 3.87. The Hall–Kier alpha value is -1.65. The molecule has 0 atom stereocenters. The maximum Gasteiger partial charge on any atom is 0.411 e. The number of nitrogens with one attached hydrogen (secondary N) is 1. The Morgan fingerprint density at radius 3 is 2.83 bits per heavy atom. The molecule has 0 saturated heterocycles. The Labute approximate surface area is 69.8 Å². The fourth-order valence-corrected chi connectivity index (χ4v) is 0.649. The van der Waals surface area contributed by atoms with Gasteiger partial charge in [0.2, 0.25) is 0 Å². The zero-order chi connectivity index (χ0) is 8.81. The molecular weight excluding hydrogens is 158 g/mol. The molecule has 1 aromatic heterocycles. The van der Waals surface area contributed by atoms with Crippen LogP contribution < -0.4 is 5.32 Å². The standard InChI is InChI=1S/C7H9N3O2/c1-2-12-7(11)10-6-3-8-5-9-4-6/h3-5H,2H2,1H3,(H,10,11). The zero-order valence-electron chi connectivity index (χ0n) is 6.65. The van der Waals surface area contributed by atoms with Crippen LogP contribution in [-0.4, -0.2) is 22.7 Å². The molecule has 5 heteroatoms. The highest BCUT2D eigenvalue weighted by Gasteiger charge is 2.00. The second-order valence-electron chi connectivity index (χ2n) is 1.97. The first kappa shape index (κ1) is 8.45. The number of carbonyl (C=O) groups excluding carboxylic acids is 1. The lowest BCUT2D eigenvalue weighted by molar-refractivity contribution is 0.168. The van der Waals surface area contributed by atoms with Crippen molar-refractivity contribution in [1.29, 1.82) is 0 Å². The topological polar surface area (TPSA) is 64.1 Å². The van der Waals surface area contributed by atoms with Crippen molar-refractivity contribution >= 4 is 11.8 Å². The van der Waals surface area contributed by atoms with Crippen molar-refractivity contribution in [2.75, 3.05) is 11.9 Å². The average molecular weight is 167 g/mol. The van der Waals surface area contributed by atoms with Crippen LogP contribution in [0.25, 0.3) is 0 Å². The molecule has 1 heterocycles. The number of carbonyl (C=O) groups is 1. The largest absolute Gasteiger partial charge is 0.450 e. The molecule has 0 radical (unpaired) electrons. The van der Waals surface area contributed by atoms with Crippen LogP contribution in [0.1, 0.15) is 6.92 Å². The van der Waals surface area contributed by atoms with Gasteiger partial charge in [0.1, 0.15) is 6.33 Å². The van der Waals surface area contributed by atoms with Gasteiger partial charge in [-0.3, -0.25) is 5.32 Å². The third kappa shape index (κ3) is 2.53. The van der Waals surface area contributed by atoms with Crippen molar-refractivity contribution in [2.24, 2.45) is 0 Å². The van der Waals surface area contributed by atoms with Crippen molar-refractivity contribution in [2.45, 2.75) is 6.92 Å². The Morgan fingerprint density at radius 2 is 2.25 bits per heavy atom. The van der Waals surface area contributed by atoms with Gasteiger partial charge in [-0.05, 0) is 6.92 Å². The quantitative estimate of drug-likeness (QED) is 0.714. The van der Waals surface area contributed by atoms with E-state index in [0.29, 0.717) is 12.3 Å². The van der Waals surface area contributed by atoms with Gasteiger partial charge in [-0.25, -0.2) is 14.8 Å². The Balaban J connectivity index is 2.47. The van der Waals surface area contributed by atoms with E-state index >= 15 is 0 Å². The second-order valence-corrected chi connectivity index (χ2v) is 1.97. The average Bonchev–Trinajstić information content (AvgIpc) is 2.06. The number of amides is 1. The van der Waals surface area contributed by atoms with Crippen LogP contribution in [-0.2, 0) is 4.74 Å². The monoisotopic (exact) mass is 167 g/mol. The van der Waals surface area contributed by atoms with Gasteiger partial charge >= 0.3 is 6.09 Å². The van der Waals surface area contributed by atoms with Gasteiger partial charge in [0, 0.05) is 0 Å². The number of hydrogen-bond acceptors (Lipinski definition) is 4. The molecule has 64 valence electrons. The summed E-state index contributed by atoms with van der Waals surface area (Å²) in [7, 11) is 0. The normalized spacial score (nSPS) is 9.08. The van der Waals surface area contributed by atoms with E-state index in [9.17, 15) is 4.79 Å². The molecule has 1 rings (SSSR count). The number of rotatable bonds is 2. The minimum atomic E-state index is -0.493. The summed E-state index contributed by atoms with van der Waals surface area (Å²) in [6, 6.07) is 0. The highest BCUT2D eigenvalue weighted by Crippen LogP contribution is 2.00. The molecule has 1 amide bonds. The lowest BCUT2D eigenvalue weighted by Crippen LogP contribution is -2.13. The van der Waals surface area contributed by atoms with Gasteiger partial charge < -0.3 is 4.74 Å². The molecule has 12 heavy (non-hydrogen) atoms. The maximum absolute atomic E-state index is 10.8. The van der Waals surface area contributed by atoms with Gasteiger partial charge in [0.25, 0.3) is 0 Å². The first-order valence-electron chi connectivity index (χ1n) is 3.51. The molecule has 0 aliphatic carbocycles. The van der Waals surface area contributed by atoms with Crippen molar-refractivity contribution < 1.29 is 9.53 Å². The number of aromatic nitrogens is 2. The Kier molecular flexibility index (Phi) is 3.01. The summed E-state index contributed by atoms with van der Waals surface area (Å²) in [5.74, 6) is 0. The van der Waals surface area contributed by atoms with E-state index in [1.807, 2.05) is 0 Å². The SMILES string of the molecule is CCOC(=O)Nc1cncnc1. The molecule has 1 N–H and O–H groups in total. The van der Waals surface area contributed by atoms with Gasteiger partial charge in [-0.1, -0.05) is 0 Å². The highest BCUT2D eigenvalue weighted by molar-refractivity contribution is 5.83. The molecule has 0 aliphatic rings. The van der Waals surface area contributed by atoms with E-state index in [2.05, 4.69) is 20.0 Å². The molecular formula is C7H9N3O2. The highest BCUT2D eigenvalue weighted by atomic mass is 16.5. The van der Waals surface area contributed by atoms with Gasteiger partial charge in [0.05, 0.1) is 24.7 Å².